The van der Waals surface area contributed by atoms with E-state index >= 15 is 0 Å². The molecular weight excluding hydrogens is 474 g/mol. The van der Waals surface area contributed by atoms with Crippen LogP contribution in [0.2, 0.25) is 0 Å². The lowest BCUT2D eigenvalue weighted by atomic mass is 10.1. The number of aromatic hydroxyl groups is 1. The summed E-state index contributed by atoms with van der Waals surface area (Å²) in [7, 11) is 0. The first kappa shape index (κ1) is 24.2. The third-order valence-electron chi connectivity index (χ3n) is 5.14. The average Bonchev–Trinajstić information content (AvgIpc) is 2.85. The minimum atomic E-state index is -2.51. The number of hydrogen-bond donors (Lipinski definition) is 1. The highest BCUT2D eigenvalue weighted by atomic mass is 32.2. The second-order valence-electron chi connectivity index (χ2n) is 7.32. The van der Waals surface area contributed by atoms with E-state index in [1.54, 1.807) is 55.5 Å². The van der Waals surface area contributed by atoms with Gasteiger partial charge >= 0.3 is 5.97 Å². The fraction of sp³-hybridized carbons (Fsp3) is 0.115. The van der Waals surface area contributed by atoms with Gasteiger partial charge in [-0.3, -0.25) is 9.79 Å². The fourth-order valence-corrected chi connectivity index (χ4v) is 4.04. The van der Waals surface area contributed by atoms with E-state index in [0.29, 0.717) is 49.9 Å². The first-order valence-electron chi connectivity index (χ1n) is 10.6. The Morgan fingerprint density at radius 3 is 2.34 bits per heavy atom. The molecule has 0 fully saturated rings. The van der Waals surface area contributed by atoms with Gasteiger partial charge in [0.1, 0.15) is 0 Å². The lowest BCUT2D eigenvalue weighted by Gasteiger charge is -2.14. The summed E-state index contributed by atoms with van der Waals surface area (Å²) in [6.07, 6.45) is 1.43. The van der Waals surface area contributed by atoms with E-state index in [9.17, 15) is 23.5 Å². The van der Waals surface area contributed by atoms with Crippen LogP contribution < -0.4 is 5.56 Å². The van der Waals surface area contributed by atoms with Gasteiger partial charge in [-0.05, 0) is 61.5 Å². The van der Waals surface area contributed by atoms with Gasteiger partial charge in [0.15, 0.2) is 0 Å². The number of thioether (sulfide) groups is 1. The molecule has 178 valence electrons. The molecule has 1 heterocycles. The Balaban J connectivity index is 1.78. The minimum absolute atomic E-state index is 0.238. The molecule has 0 saturated carbocycles. The van der Waals surface area contributed by atoms with Crippen molar-refractivity contribution in [1.82, 2.24) is 4.57 Å². The van der Waals surface area contributed by atoms with Gasteiger partial charge < -0.3 is 9.84 Å². The molecule has 3 aromatic carbocycles. The number of pyridine rings is 1. The van der Waals surface area contributed by atoms with Crippen LogP contribution >= 0.6 is 11.8 Å². The zero-order valence-corrected chi connectivity index (χ0v) is 19.3. The van der Waals surface area contributed by atoms with Gasteiger partial charge in [0.25, 0.3) is 11.3 Å². The van der Waals surface area contributed by atoms with Gasteiger partial charge in [0.05, 0.1) is 29.1 Å². The Morgan fingerprint density at radius 2 is 1.71 bits per heavy atom. The largest absolute Gasteiger partial charge is 0.494 e. The number of halogens is 2. The number of aliphatic imine (C=N–C) groups is 1. The van der Waals surface area contributed by atoms with Crippen LogP contribution in [-0.4, -0.2) is 34.2 Å². The first-order valence-corrected chi connectivity index (χ1v) is 11.5. The van der Waals surface area contributed by atoms with Crippen molar-refractivity contribution in [2.45, 2.75) is 17.6 Å². The molecule has 0 unspecified atom stereocenters. The molecule has 0 saturated heterocycles. The third kappa shape index (κ3) is 5.25. The van der Waals surface area contributed by atoms with Gasteiger partial charge in [-0.2, -0.15) is 8.78 Å². The Labute approximate surface area is 203 Å². The van der Waals surface area contributed by atoms with E-state index in [0.717, 1.165) is 4.57 Å². The van der Waals surface area contributed by atoms with Crippen LogP contribution in [0.1, 0.15) is 22.8 Å². The summed E-state index contributed by atoms with van der Waals surface area (Å²) in [5.74, 6) is -3.33. The fourth-order valence-electron chi connectivity index (χ4n) is 3.54. The maximum Gasteiger partial charge on any atom is 0.338 e. The normalized spacial score (nSPS) is 11.4. The van der Waals surface area contributed by atoms with Gasteiger partial charge in [0, 0.05) is 21.9 Å². The number of benzene rings is 3. The number of fused-ring (bicyclic) bond motifs is 1. The molecule has 0 bridgehead atoms. The molecule has 0 atom stereocenters. The number of hydrogen-bond acceptors (Lipinski definition) is 6. The monoisotopic (exact) mass is 494 g/mol. The summed E-state index contributed by atoms with van der Waals surface area (Å²) in [6, 6.07) is 19.2. The second-order valence-corrected chi connectivity index (χ2v) is 8.38. The number of carbonyl (C=O) groups is 1. The highest BCUT2D eigenvalue weighted by molar-refractivity contribution is 7.99. The van der Waals surface area contributed by atoms with Crippen LogP contribution in [0.25, 0.3) is 16.5 Å². The van der Waals surface area contributed by atoms with Crippen molar-refractivity contribution in [2.24, 2.45) is 4.99 Å². The number of alkyl halides is 2. The van der Waals surface area contributed by atoms with E-state index in [2.05, 4.69) is 4.99 Å². The standard InChI is InChI=1S/C26H20F2N2O4S/c1-2-34-25(33)16-7-11-18(12-8-16)30-23(31)21-6-4-3-5-20(21)22(24(30)32)15-29-17-9-13-19(14-10-17)35-26(27)28/h3-15,26,32H,2H2,1H3. The van der Waals surface area contributed by atoms with Crippen LogP contribution in [0.15, 0.2) is 87.5 Å². The van der Waals surface area contributed by atoms with Gasteiger partial charge in [0.2, 0.25) is 5.88 Å². The average molecular weight is 495 g/mol. The maximum atomic E-state index is 13.2. The molecule has 9 heteroatoms. The van der Waals surface area contributed by atoms with E-state index in [1.165, 1.54) is 30.5 Å². The van der Waals surface area contributed by atoms with Crippen molar-refractivity contribution in [3.8, 4) is 11.6 Å². The predicted molar refractivity (Wildman–Crippen MR) is 133 cm³/mol. The number of rotatable bonds is 7. The van der Waals surface area contributed by atoms with Crippen molar-refractivity contribution in [2.75, 3.05) is 6.61 Å². The van der Waals surface area contributed by atoms with Crippen LogP contribution in [0.3, 0.4) is 0 Å². The number of aromatic nitrogens is 1. The Morgan fingerprint density at radius 1 is 1.06 bits per heavy atom. The third-order valence-corrected chi connectivity index (χ3v) is 5.87. The maximum absolute atomic E-state index is 13.2. The number of esters is 1. The van der Waals surface area contributed by atoms with Gasteiger partial charge in [-0.25, -0.2) is 9.36 Å². The van der Waals surface area contributed by atoms with Gasteiger partial charge in [-0.15, -0.1) is 0 Å². The zero-order chi connectivity index (χ0) is 24.9. The Bertz CT molecular complexity index is 1450. The highest BCUT2D eigenvalue weighted by Gasteiger charge is 2.17. The smallest absolute Gasteiger partial charge is 0.338 e. The lowest BCUT2D eigenvalue weighted by molar-refractivity contribution is 0.0526. The van der Waals surface area contributed by atoms with Crippen LogP contribution in [-0.2, 0) is 4.74 Å². The molecule has 4 rings (SSSR count). The van der Waals surface area contributed by atoms with Crippen LogP contribution in [0, 0.1) is 0 Å². The summed E-state index contributed by atoms with van der Waals surface area (Å²) in [5.41, 5.74) is 1.03. The highest BCUT2D eigenvalue weighted by Crippen LogP contribution is 2.29. The van der Waals surface area contributed by atoms with Gasteiger partial charge in [-0.1, -0.05) is 30.0 Å². The molecule has 4 aromatic rings. The van der Waals surface area contributed by atoms with E-state index in [4.69, 9.17) is 4.74 Å². The minimum Gasteiger partial charge on any atom is -0.494 e. The lowest BCUT2D eigenvalue weighted by Crippen LogP contribution is -2.20. The van der Waals surface area contributed by atoms with Crippen molar-refractivity contribution in [1.29, 1.82) is 0 Å². The van der Waals surface area contributed by atoms with Crippen molar-refractivity contribution in [3.05, 3.63) is 94.3 Å². The molecule has 0 amide bonds. The number of carbonyl (C=O) groups excluding carboxylic acids is 1. The van der Waals surface area contributed by atoms with Crippen molar-refractivity contribution < 1.29 is 23.4 Å². The Hall–Kier alpha value is -3.98. The molecule has 0 spiro atoms. The molecule has 6 nitrogen and oxygen atoms in total. The summed E-state index contributed by atoms with van der Waals surface area (Å²) >= 11 is 0.440. The zero-order valence-electron chi connectivity index (χ0n) is 18.5. The van der Waals surface area contributed by atoms with Crippen molar-refractivity contribution >= 4 is 40.4 Å². The quantitative estimate of drug-likeness (QED) is 0.195. The molecule has 0 aliphatic carbocycles. The van der Waals surface area contributed by atoms with E-state index in [1.807, 2.05) is 0 Å². The summed E-state index contributed by atoms with van der Waals surface area (Å²) in [5, 5.41) is 12.0. The number of nitrogens with zero attached hydrogens (tertiary/aromatic N) is 2. The van der Waals surface area contributed by atoms with Crippen LogP contribution in [0.4, 0.5) is 14.5 Å². The number of ether oxygens (including phenoxy) is 1. The van der Waals surface area contributed by atoms with Crippen LogP contribution in [0.5, 0.6) is 5.88 Å². The summed E-state index contributed by atoms with van der Waals surface area (Å²) in [6.45, 7) is 1.95. The molecule has 0 aliphatic rings. The topological polar surface area (TPSA) is 80.9 Å². The summed E-state index contributed by atoms with van der Waals surface area (Å²) in [4.78, 5) is 30.0. The Kier molecular flexibility index (Phi) is 7.26. The van der Waals surface area contributed by atoms with E-state index < -0.39 is 17.3 Å². The second kappa shape index (κ2) is 10.5. The first-order chi connectivity index (χ1) is 16.9. The molecule has 0 aliphatic heterocycles. The van der Waals surface area contributed by atoms with Crippen molar-refractivity contribution in [3.63, 3.8) is 0 Å². The molecule has 0 radical (unpaired) electrons. The SMILES string of the molecule is CCOC(=O)c1ccc(-n2c(O)c(C=Nc3ccc(SC(F)F)cc3)c3ccccc3c2=O)cc1. The molecule has 1 aromatic heterocycles. The van der Waals surface area contributed by atoms with E-state index in [-0.39, 0.29) is 12.5 Å². The molecular formula is C26H20F2N2O4S. The molecule has 35 heavy (non-hydrogen) atoms. The summed E-state index contributed by atoms with van der Waals surface area (Å²) < 4.78 is 31.2. The molecule has 1 N–H and O–H groups in total. The predicted octanol–water partition coefficient (Wildman–Crippen LogP) is 5.94.